The first-order valence-electron chi connectivity index (χ1n) is 16.8. The van der Waals surface area contributed by atoms with Gasteiger partial charge in [-0.15, -0.1) is 11.8 Å². The van der Waals surface area contributed by atoms with Crippen molar-refractivity contribution in [2.75, 3.05) is 32.5 Å². The summed E-state index contributed by atoms with van der Waals surface area (Å²) < 4.78 is 6.01. The number of methoxy groups -OCH3 is 1. The Kier molecular flexibility index (Phi) is 19.8. The highest BCUT2D eigenvalue weighted by Crippen LogP contribution is 2.36. The van der Waals surface area contributed by atoms with Gasteiger partial charge in [-0.3, -0.25) is 9.59 Å². The third kappa shape index (κ3) is 14.6. The van der Waals surface area contributed by atoms with E-state index < -0.39 is 0 Å². The minimum atomic E-state index is -0.167. The fraction of sp³-hybridized carbons (Fsp3) is 0.622. The predicted molar refractivity (Wildman–Crippen MR) is 190 cm³/mol. The number of fused-ring (bicyclic) bond motifs is 1. The molecule has 45 heavy (non-hydrogen) atoms. The van der Waals surface area contributed by atoms with Crippen LogP contribution in [0.1, 0.15) is 96.5 Å². The molecule has 1 aliphatic heterocycles. The minimum absolute atomic E-state index is 0.0677. The molecule has 2 aromatic rings. The summed E-state index contributed by atoms with van der Waals surface area (Å²) in [4.78, 5) is 26.7. The van der Waals surface area contributed by atoms with Gasteiger partial charge in [0.25, 0.3) is 5.91 Å². The van der Waals surface area contributed by atoms with Gasteiger partial charge >= 0.3 is 0 Å². The Balaban J connectivity index is 0.000000803. The fourth-order valence-electron chi connectivity index (χ4n) is 5.70. The summed E-state index contributed by atoms with van der Waals surface area (Å²) in [6.07, 6.45) is 7.36. The van der Waals surface area contributed by atoms with Crippen LogP contribution in [0.5, 0.6) is 5.75 Å². The number of ether oxygens (including phenoxy) is 1. The molecule has 0 bridgehead atoms. The van der Waals surface area contributed by atoms with Crippen LogP contribution in [0, 0.1) is 18.8 Å². The number of hydrogen-bond donors (Lipinski definition) is 3. The molecule has 3 N–H and O–H groups in total. The van der Waals surface area contributed by atoms with E-state index in [1.165, 1.54) is 37.0 Å². The van der Waals surface area contributed by atoms with Gasteiger partial charge in [-0.05, 0) is 83.2 Å². The summed E-state index contributed by atoms with van der Waals surface area (Å²) in [5.41, 5.74) is 1.04. The molecule has 4 unspecified atom stereocenters. The molecule has 4 rings (SSSR count). The molecule has 1 saturated carbocycles. The van der Waals surface area contributed by atoms with Gasteiger partial charge in [-0.2, -0.15) is 0 Å². The van der Waals surface area contributed by atoms with E-state index in [4.69, 9.17) is 4.74 Å². The monoisotopic (exact) mass is 643 g/mol. The summed E-state index contributed by atoms with van der Waals surface area (Å²) in [5, 5.41) is 15.9. The highest BCUT2D eigenvalue weighted by atomic mass is 32.2. The Hall–Kier alpha value is -2.55. The number of likely N-dealkylation sites (tertiary alicyclic amines) is 1. The lowest BCUT2D eigenvalue weighted by Crippen LogP contribution is -2.53. The van der Waals surface area contributed by atoms with E-state index >= 15 is 0 Å². The third-order valence-corrected chi connectivity index (χ3v) is 9.23. The quantitative estimate of drug-likeness (QED) is 0.182. The first kappa shape index (κ1) is 40.5. The van der Waals surface area contributed by atoms with Crippen LogP contribution in [0.3, 0.4) is 0 Å². The van der Waals surface area contributed by atoms with Crippen molar-refractivity contribution in [3.05, 3.63) is 59.7 Å². The van der Waals surface area contributed by atoms with Crippen LogP contribution in [0.25, 0.3) is 0 Å². The van der Waals surface area contributed by atoms with E-state index in [9.17, 15) is 14.7 Å². The predicted octanol–water partition coefficient (Wildman–Crippen LogP) is 7.70. The van der Waals surface area contributed by atoms with Crippen molar-refractivity contribution in [1.82, 2.24) is 15.5 Å². The normalized spacial score (nSPS) is 19.0. The molecule has 0 radical (unpaired) electrons. The van der Waals surface area contributed by atoms with E-state index in [1.54, 1.807) is 44.0 Å². The maximum Gasteiger partial charge on any atom is 0.252 e. The summed E-state index contributed by atoms with van der Waals surface area (Å²) in [5.74, 6) is 2.39. The number of phenolic OH excluding ortho intramolecular Hbond substituents is 1. The molecule has 7 nitrogen and oxygen atoms in total. The second-order valence-corrected chi connectivity index (χ2v) is 13.4. The summed E-state index contributed by atoms with van der Waals surface area (Å²) in [6.45, 7) is 18.6. The zero-order valence-electron chi connectivity index (χ0n) is 29.4. The number of phenols is 1. The third-order valence-electron chi connectivity index (χ3n) is 8.10. The zero-order valence-corrected chi connectivity index (χ0v) is 30.2. The average Bonchev–Trinajstić information content (AvgIpc) is 3.05. The second-order valence-electron chi connectivity index (χ2n) is 12.3. The first-order valence-corrected chi connectivity index (χ1v) is 17.8. The Morgan fingerprint density at radius 2 is 1.67 bits per heavy atom. The number of nitrogens with one attached hydrogen (secondary N) is 2. The van der Waals surface area contributed by atoms with Gasteiger partial charge in [-0.25, -0.2) is 0 Å². The number of thioether (sulfide) groups is 1. The van der Waals surface area contributed by atoms with E-state index in [0.717, 1.165) is 31.5 Å². The molecule has 2 fully saturated rings. The standard InChI is InChI=1S/C28H38N2O3S.C5H11NO.2C2H6/c1-20-24(13-8-14-26(20)31)28(32)29-25(19-34-23-11-4-3-5-12-23)27(33-2)18-30-16-15-21-9-6-7-10-22(21)17-30;1-5(2,3)6-4-7;2*1-2/h3-5,8,11-14,21-22,25,27,31H,6-7,9-10,15-19H2,1-2H3,(H,29,32);4H,1-3H3,(H,6,7);2*1-2H3. The number of carbonyl (C=O) groups excluding carboxylic acids is 2. The fourth-order valence-corrected chi connectivity index (χ4v) is 6.72. The number of hydrogen-bond acceptors (Lipinski definition) is 6. The van der Waals surface area contributed by atoms with Crippen molar-refractivity contribution in [3.63, 3.8) is 0 Å². The molecule has 2 amide bonds. The number of nitrogens with zero attached hydrogens (tertiary/aromatic N) is 1. The van der Waals surface area contributed by atoms with Crippen molar-refractivity contribution < 1.29 is 19.4 Å². The Labute approximate surface area is 278 Å². The van der Waals surface area contributed by atoms with E-state index in [-0.39, 0.29) is 29.3 Å². The molecule has 1 aliphatic carbocycles. The van der Waals surface area contributed by atoms with Gasteiger partial charge in [0, 0.05) is 47.5 Å². The molecule has 1 heterocycles. The summed E-state index contributed by atoms with van der Waals surface area (Å²) >= 11 is 1.73. The molecule has 2 aromatic carbocycles. The van der Waals surface area contributed by atoms with Crippen LogP contribution < -0.4 is 10.6 Å². The lowest BCUT2D eigenvalue weighted by molar-refractivity contribution is -0.110. The molecule has 1 saturated heterocycles. The molecule has 0 aromatic heterocycles. The molecule has 0 spiro atoms. The number of piperidine rings is 1. The van der Waals surface area contributed by atoms with Gasteiger partial charge in [0.1, 0.15) is 5.75 Å². The highest BCUT2D eigenvalue weighted by molar-refractivity contribution is 7.99. The largest absolute Gasteiger partial charge is 0.508 e. The smallest absolute Gasteiger partial charge is 0.252 e. The number of carbonyl (C=O) groups is 2. The van der Waals surface area contributed by atoms with Gasteiger partial charge in [-0.1, -0.05) is 71.2 Å². The van der Waals surface area contributed by atoms with Gasteiger partial charge < -0.3 is 25.4 Å². The average molecular weight is 644 g/mol. The molecular weight excluding hydrogens is 582 g/mol. The van der Waals surface area contributed by atoms with Crippen LogP contribution in [0.15, 0.2) is 53.4 Å². The molecule has 2 aliphatic rings. The maximum atomic E-state index is 13.2. The molecule has 8 heteroatoms. The van der Waals surface area contributed by atoms with Crippen molar-refractivity contribution >= 4 is 24.1 Å². The van der Waals surface area contributed by atoms with E-state index in [1.807, 2.05) is 66.7 Å². The molecular formula is C37H61N3O4S. The number of amides is 2. The number of rotatable bonds is 10. The summed E-state index contributed by atoms with van der Waals surface area (Å²) in [6, 6.07) is 15.2. The van der Waals surface area contributed by atoms with Crippen LogP contribution in [-0.2, 0) is 9.53 Å². The van der Waals surface area contributed by atoms with Crippen LogP contribution >= 0.6 is 11.8 Å². The maximum absolute atomic E-state index is 13.2. The minimum Gasteiger partial charge on any atom is -0.508 e. The Morgan fingerprint density at radius 3 is 2.24 bits per heavy atom. The van der Waals surface area contributed by atoms with Crippen molar-refractivity contribution in [2.45, 2.75) is 110 Å². The van der Waals surface area contributed by atoms with Crippen molar-refractivity contribution in [3.8, 4) is 5.75 Å². The Bertz CT molecular complexity index is 1090. The first-order chi connectivity index (χ1) is 21.6. The number of benzene rings is 2. The lowest BCUT2D eigenvalue weighted by Gasteiger charge is -2.43. The van der Waals surface area contributed by atoms with Gasteiger partial charge in [0.15, 0.2) is 0 Å². The highest BCUT2D eigenvalue weighted by Gasteiger charge is 2.34. The molecule has 4 atom stereocenters. The molecule has 254 valence electrons. The van der Waals surface area contributed by atoms with Crippen LogP contribution in [0.4, 0.5) is 0 Å². The zero-order chi connectivity index (χ0) is 33.8. The Morgan fingerprint density at radius 1 is 1.02 bits per heavy atom. The van der Waals surface area contributed by atoms with Gasteiger partial charge in [0.2, 0.25) is 6.41 Å². The topological polar surface area (TPSA) is 90.9 Å². The van der Waals surface area contributed by atoms with E-state index in [2.05, 4.69) is 27.7 Å². The SMILES string of the molecule is CC.CC.CC(C)(C)NC=O.COC(CN1CCC2CCCCC2C1)C(CSc1ccccc1)NC(=O)c1cccc(O)c1C. The van der Waals surface area contributed by atoms with E-state index in [0.29, 0.717) is 23.3 Å². The van der Waals surface area contributed by atoms with Gasteiger partial charge in [0.05, 0.1) is 12.1 Å². The number of aromatic hydroxyl groups is 1. The lowest BCUT2D eigenvalue weighted by atomic mass is 9.75. The van der Waals surface area contributed by atoms with Crippen LogP contribution in [0.2, 0.25) is 0 Å². The van der Waals surface area contributed by atoms with Crippen LogP contribution in [-0.4, -0.2) is 72.5 Å². The summed E-state index contributed by atoms with van der Waals surface area (Å²) in [7, 11) is 1.75. The second kappa shape index (κ2) is 22.1. The van der Waals surface area contributed by atoms with Crippen molar-refractivity contribution in [1.29, 1.82) is 0 Å². The van der Waals surface area contributed by atoms with Crippen molar-refractivity contribution in [2.24, 2.45) is 11.8 Å².